The molecule has 2 aromatic carbocycles. The molecule has 0 spiro atoms. The van der Waals surface area contributed by atoms with Gasteiger partial charge in [-0.25, -0.2) is 8.78 Å². The third-order valence-electron chi connectivity index (χ3n) is 8.99. The number of benzene rings is 2. The molecule has 0 saturated heterocycles. The van der Waals surface area contributed by atoms with E-state index in [0.29, 0.717) is 18.3 Å². The topological polar surface area (TPSA) is 0 Å². The molecule has 34 heavy (non-hydrogen) atoms. The number of hydrogen-bond acceptors (Lipinski definition) is 0. The smallest absolute Gasteiger partial charge is 0.129 e. The standard InChI is InChI=1S/C32H44F2/c1-3-7-30-31(33)21-29(22-32(30)34)28-18-16-25(17-19-28)11-10-24-12-14-26(15-13-24)20-23(2)27-8-5-4-6-9-27/h4-6,8-9,21-26,28H,3,7,10-20H2,1-2H3/t23-,24?,25?,26?,28?/m1/s1. The molecule has 2 aromatic rings. The summed E-state index contributed by atoms with van der Waals surface area (Å²) in [4.78, 5) is 0. The molecule has 0 nitrogen and oxygen atoms in total. The van der Waals surface area contributed by atoms with Gasteiger partial charge in [-0.05, 0) is 91.4 Å². The monoisotopic (exact) mass is 466 g/mol. The predicted molar refractivity (Wildman–Crippen MR) is 139 cm³/mol. The fourth-order valence-corrected chi connectivity index (χ4v) is 6.78. The Hall–Kier alpha value is -1.70. The van der Waals surface area contributed by atoms with Crippen LogP contribution >= 0.6 is 0 Å². The van der Waals surface area contributed by atoms with Crippen LogP contribution in [0.1, 0.15) is 119 Å². The van der Waals surface area contributed by atoms with Crippen molar-refractivity contribution in [3.05, 3.63) is 70.8 Å². The van der Waals surface area contributed by atoms with Crippen molar-refractivity contribution in [3.63, 3.8) is 0 Å². The first-order chi connectivity index (χ1) is 16.5. The Labute approximate surface area is 206 Å². The molecule has 2 aliphatic rings. The van der Waals surface area contributed by atoms with E-state index in [1.165, 1.54) is 63.4 Å². The summed E-state index contributed by atoms with van der Waals surface area (Å²) in [6.07, 6.45) is 15.5. The Morgan fingerprint density at radius 1 is 0.765 bits per heavy atom. The largest absolute Gasteiger partial charge is 0.207 e. The Balaban J connectivity index is 1.16. The quantitative estimate of drug-likeness (QED) is 0.345. The normalized spacial score (nSPS) is 26.4. The van der Waals surface area contributed by atoms with Crippen LogP contribution in [0.15, 0.2) is 42.5 Å². The van der Waals surface area contributed by atoms with E-state index in [1.807, 2.05) is 6.92 Å². The van der Waals surface area contributed by atoms with E-state index in [9.17, 15) is 8.78 Å². The van der Waals surface area contributed by atoms with E-state index in [-0.39, 0.29) is 17.2 Å². The van der Waals surface area contributed by atoms with Crippen molar-refractivity contribution in [2.45, 2.75) is 109 Å². The van der Waals surface area contributed by atoms with Gasteiger partial charge < -0.3 is 0 Å². The second kappa shape index (κ2) is 12.3. The van der Waals surface area contributed by atoms with Crippen LogP contribution in [0.3, 0.4) is 0 Å². The first-order valence-electron chi connectivity index (χ1n) is 14.1. The third-order valence-corrected chi connectivity index (χ3v) is 8.99. The molecule has 2 saturated carbocycles. The zero-order valence-electron chi connectivity index (χ0n) is 21.4. The minimum Gasteiger partial charge on any atom is -0.207 e. The average molecular weight is 467 g/mol. The van der Waals surface area contributed by atoms with Gasteiger partial charge in [0.1, 0.15) is 11.6 Å². The minimum atomic E-state index is -0.340. The molecule has 0 aliphatic heterocycles. The maximum Gasteiger partial charge on any atom is 0.129 e. The molecule has 0 bridgehead atoms. The lowest BCUT2D eigenvalue weighted by molar-refractivity contribution is 0.220. The second-order valence-corrected chi connectivity index (χ2v) is 11.4. The fourth-order valence-electron chi connectivity index (χ4n) is 6.78. The summed E-state index contributed by atoms with van der Waals surface area (Å²) in [7, 11) is 0. The molecule has 0 unspecified atom stereocenters. The summed E-state index contributed by atoms with van der Waals surface area (Å²) in [5, 5.41) is 0. The maximum atomic E-state index is 14.4. The minimum absolute atomic E-state index is 0.268. The third kappa shape index (κ3) is 6.70. The highest BCUT2D eigenvalue weighted by Gasteiger charge is 2.27. The summed E-state index contributed by atoms with van der Waals surface area (Å²) < 4.78 is 28.8. The van der Waals surface area contributed by atoms with Gasteiger partial charge in [0.2, 0.25) is 0 Å². The van der Waals surface area contributed by atoms with E-state index in [2.05, 4.69) is 37.3 Å². The zero-order chi connectivity index (χ0) is 23.9. The van der Waals surface area contributed by atoms with Gasteiger partial charge in [0.25, 0.3) is 0 Å². The van der Waals surface area contributed by atoms with Crippen LogP contribution in [-0.2, 0) is 6.42 Å². The van der Waals surface area contributed by atoms with Crippen molar-refractivity contribution in [1.82, 2.24) is 0 Å². The van der Waals surface area contributed by atoms with E-state index in [0.717, 1.165) is 42.6 Å². The first kappa shape index (κ1) is 25.4. The van der Waals surface area contributed by atoms with Crippen LogP contribution in [-0.4, -0.2) is 0 Å². The Morgan fingerprint density at radius 2 is 1.29 bits per heavy atom. The zero-order valence-corrected chi connectivity index (χ0v) is 21.4. The Bertz CT molecular complexity index is 850. The molecule has 0 heterocycles. The first-order valence-corrected chi connectivity index (χ1v) is 14.1. The van der Waals surface area contributed by atoms with Crippen molar-refractivity contribution in [2.24, 2.45) is 17.8 Å². The lowest BCUT2D eigenvalue weighted by Crippen LogP contribution is -2.18. The van der Waals surface area contributed by atoms with Gasteiger partial charge >= 0.3 is 0 Å². The molecule has 0 N–H and O–H groups in total. The molecule has 1 atom stereocenters. The highest BCUT2D eigenvalue weighted by molar-refractivity contribution is 5.29. The summed E-state index contributed by atoms with van der Waals surface area (Å²) in [6.45, 7) is 4.35. The molecular formula is C32H44F2. The Kier molecular flexibility index (Phi) is 9.20. The highest BCUT2D eigenvalue weighted by atomic mass is 19.1. The summed E-state index contributed by atoms with van der Waals surface area (Å²) >= 11 is 0. The molecule has 0 amide bonds. The molecule has 0 radical (unpaired) electrons. The lowest BCUT2D eigenvalue weighted by atomic mass is 9.73. The van der Waals surface area contributed by atoms with Crippen LogP contribution in [0.2, 0.25) is 0 Å². The average Bonchev–Trinajstić information content (AvgIpc) is 2.86. The molecule has 2 fully saturated rings. The molecule has 4 rings (SSSR count). The lowest BCUT2D eigenvalue weighted by Gasteiger charge is -2.33. The van der Waals surface area contributed by atoms with E-state index >= 15 is 0 Å². The van der Waals surface area contributed by atoms with E-state index in [4.69, 9.17) is 0 Å². The fraction of sp³-hybridized carbons (Fsp3) is 0.625. The molecular weight excluding hydrogens is 422 g/mol. The SMILES string of the molecule is CCCc1c(F)cc(C2CCC(CCC3CCC(C[C@@H](C)c4ccccc4)CC3)CC2)cc1F. The van der Waals surface area contributed by atoms with Crippen molar-refractivity contribution in [2.75, 3.05) is 0 Å². The van der Waals surface area contributed by atoms with Crippen LogP contribution in [0.5, 0.6) is 0 Å². The van der Waals surface area contributed by atoms with E-state index in [1.54, 1.807) is 12.1 Å². The van der Waals surface area contributed by atoms with Gasteiger partial charge in [-0.2, -0.15) is 0 Å². The number of halogens is 2. The van der Waals surface area contributed by atoms with Crippen molar-refractivity contribution in [3.8, 4) is 0 Å². The van der Waals surface area contributed by atoms with Crippen molar-refractivity contribution >= 4 is 0 Å². The second-order valence-electron chi connectivity index (χ2n) is 11.4. The summed E-state index contributed by atoms with van der Waals surface area (Å²) in [5.41, 5.74) is 2.64. The van der Waals surface area contributed by atoms with Gasteiger partial charge in [-0.15, -0.1) is 0 Å². The van der Waals surface area contributed by atoms with Crippen LogP contribution in [0, 0.1) is 29.4 Å². The van der Waals surface area contributed by atoms with Crippen molar-refractivity contribution < 1.29 is 8.78 Å². The molecule has 186 valence electrons. The van der Waals surface area contributed by atoms with Gasteiger partial charge in [0.15, 0.2) is 0 Å². The van der Waals surface area contributed by atoms with Gasteiger partial charge in [0.05, 0.1) is 0 Å². The number of hydrogen-bond donors (Lipinski definition) is 0. The molecule has 2 aliphatic carbocycles. The van der Waals surface area contributed by atoms with E-state index < -0.39 is 0 Å². The van der Waals surface area contributed by atoms with Crippen molar-refractivity contribution in [1.29, 1.82) is 0 Å². The van der Waals surface area contributed by atoms with Gasteiger partial charge in [0, 0.05) is 5.56 Å². The van der Waals surface area contributed by atoms with Crippen LogP contribution < -0.4 is 0 Å². The van der Waals surface area contributed by atoms with Crippen LogP contribution in [0.4, 0.5) is 8.78 Å². The molecule has 2 heteroatoms. The Morgan fingerprint density at radius 3 is 1.85 bits per heavy atom. The maximum absolute atomic E-state index is 14.4. The van der Waals surface area contributed by atoms with Gasteiger partial charge in [-0.1, -0.05) is 89.1 Å². The van der Waals surface area contributed by atoms with Crippen LogP contribution in [0.25, 0.3) is 0 Å². The summed E-state index contributed by atoms with van der Waals surface area (Å²) in [5.74, 6) is 2.93. The predicted octanol–water partition coefficient (Wildman–Crippen LogP) is 9.97. The van der Waals surface area contributed by atoms with Gasteiger partial charge in [-0.3, -0.25) is 0 Å². The molecule has 0 aromatic heterocycles. The number of rotatable bonds is 9. The highest BCUT2D eigenvalue weighted by Crippen LogP contribution is 2.41. The summed E-state index contributed by atoms with van der Waals surface area (Å²) in [6, 6.07) is 14.2.